The summed E-state index contributed by atoms with van der Waals surface area (Å²) in [6.07, 6.45) is 0. The van der Waals surface area contributed by atoms with Crippen molar-refractivity contribution in [2.45, 2.75) is 13.8 Å². The van der Waals surface area contributed by atoms with Crippen LogP contribution in [-0.2, 0) is 9.84 Å². The van der Waals surface area contributed by atoms with Crippen LogP contribution in [-0.4, -0.2) is 52.1 Å². The van der Waals surface area contributed by atoms with Crippen LogP contribution in [0.4, 0.5) is 0 Å². The normalized spacial score (nSPS) is 12.1. The van der Waals surface area contributed by atoms with E-state index < -0.39 is 9.84 Å². The van der Waals surface area contributed by atoms with Crippen molar-refractivity contribution in [3.63, 3.8) is 0 Å². The Morgan fingerprint density at radius 2 is 1.80 bits per heavy atom. The Bertz CT molecular complexity index is 674. The van der Waals surface area contributed by atoms with Gasteiger partial charge in [-0.3, -0.25) is 4.99 Å². The highest BCUT2D eigenvalue weighted by Crippen LogP contribution is 2.35. The van der Waals surface area contributed by atoms with E-state index in [-0.39, 0.29) is 18.1 Å². The standard InChI is InChI=1S/C15H22Cl3N3O3S/c1-3-19-15(21-6-8-25(22,23)4-2)20-5-7-24-14-12(17)9-11(16)10-13(14)18/h9-10H,3-8H2,1-2H3,(H2,19,20,21). The minimum Gasteiger partial charge on any atom is -0.489 e. The van der Waals surface area contributed by atoms with Gasteiger partial charge in [0.05, 0.1) is 28.9 Å². The van der Waals surface area contributed by atoms with Gasteiger partial charge in [-0.25, -0.2) is 8.42 Å². The summed E-state index contributed by atoms with van der Waals surface area (Å²) in [6.45, 7) is 5.11. The Morgan fingerprint density at radius 1 is 1.16 bits per heavy atom. The fourth-order valence-electron chi connectivity index (χ4n) is 1.77. The van der Waals surface area contributed by atoms with E-state index in [0.717, 1.165) is 0 Å². The molecule has 0 radical (unpaired) electrons. The van der Waals surface area contributed by atoms with Crippen molar-refractivity contribution in [2.24, 2.45) is 4.99 Å². The molecule has 6 nitrogen and oxygen atoms in total. The molecule has 0 atom stereocenters. The van der Waals surface area contributed by atoms with Crippen LogP contribution in [0.3, 0.4) is 0 Å². The van der Waals surface area contributed by atoms with E-state index in [1.807, 2.05) is 6.92 Å². The van der Waals surface area contributed by atoms with Gasteiger partial charge in [0.25, 0.3) is 0 Å². The van der Waals surface area contributed by atoms with Crippen LogP contribution in [0.15, 0.2) is 17.1 Å². The molecule has 1 aromatic carbocycles. The molecule has 0 aromatic heterocycles. The second-order valence-electron chi connectivity index (χ2n) is 4.97. The highest BCUT2D eigenvalue weighted by molar-refractivity contribution is 7.91. The third-order valence-electron chi connectivity index (χ3n) is 3.06. The SMILES string of the molecule is CCNC(=NCCS(=O)(=O)CC)NCCOc1c(Cl)cc(Cl)cc1Cl. The number of aliphatic imine (C=N–C) groups is 1. The molecule has 0 amide bonds. The topological polar surface area (TPSA) is 79.8 Å². The van der Waals surface area contributed by atoms with Crippen molar-refractivity contribution >= 4 is 50.6 Å². The third kappa shape index (κ3) is 8.35. The Labute approximate surface area is 163 Å². The number of hydrogen-bond acceptors (Lipinski definition) is 4. The number of nitrogens with one attached hydrogen (secondary N) is 2. The third-order valence-corrected chi connectivity index (χ3v) is 5.52. The van der Waals surface area contributed by atoms with Gasteiger partial charge in [0, 0.05) is 17.3 Å². The molecule has 0 heterocycles. The van der Waals surface area contributed by atoms with Crippen LogP contribution in [0.1, 0.15) is 13.8 Å². The molecule has 25 heavy (non-hydrogen) atoms. The van der Waals surface area contributed by atoms with E-state index in [1.165, 1.54) is 0 Å². The molecule has 0 aliphatic carbocycles. The maximum atomic E-state index is 11.5. The van der Waals surface area contributed by atoms with Crippen molar-refractivity contribution in [1.29, 1.82) is 0 Å². The van der Waals surface area contributed by atoms with Crippen LogP contribution in [0.25, 0.3) is 0 Å². The smallest absolute Gasteiger partial charge is 0.191 e. The Hall–Kier alpha value is -0.890. The van der Waals surface area contributed by atoms with Gasteiger partial charge in [0.1, 0.15) is 6.61 Å². The number of sulfone groups is 1. The minimum atomic E-state index is -3.03. The lowest BCUT2D eigenvalue weighted by molar-refractivity contribution is 0.322. The summed E-state index contributed by atoms with van der Waals surface area (Å²) in [5.74, 6) is 1.02. The van der Waals surface area contributed by atoms with Crippen LogP contribution in [0, 0.1) is 0 Å². The molecular weight excluding hydrogens is 409 g/mol. The molecule has 0 fully saturated rings. The number of halogens is 3. The van der Waals surface area contributed by atoms with Gasteiger partial charge in [-0.05, 0) is 19.1 Å². The second kappa shape index (κ2) is 11.0. The van der Waals surface area contributed by atoms with Gasteiger partial charge in [-0.1, -0.05) is 41.7 Å². The Morgan fingerprint density at radius 3 is 2.36 bits per heavy atom. The zero-order valence-electron chi connectivity index (χ0n) is 14.1. The molecular formula is C15H22Cl3N3O3S. The van der Waals surface area contributed by atoms with Gasteiger partial charge in [-0.2, -0.15) is 0 Å². The number of nitrogens with zero attached hydrogens (tertiary/aromatic N) is 1. The lowest BCUT2D eigenvalue weighted by Crippen LogP contribution is -2.39. The first-order valence-corrected chi connectivity index (χ1v) is 10.7. The highest BCUT2D eigenvalue weighted by atomic mass is 35.5. The average molecular weight is 431 g/mol. The van der Waals surface area contributed by atoms with Crippen molar-refractivity contribution in [2.75, 3.05) is 37.7 Å². The monoisotopic (exact) mass is 429 g/mol. The fraction of sp³-hybridized carbons (Fsp3) is 0.533. The van der Waals surface area contributed by atoms with Gasteiger partial charge in [-0.15, -0.1) is 0 Å². The first kappa shape index (κ1) is 22.2. The zero-order chi connectivity index (χ0) is 18.9. The number of rotatable bonds is 9. The highest BCUT2D eigenvalue weighted by Gasteiger charge is 2.09. The van der Waals surface area contributed by atoms with Crippen LogP contribution < -0.4 is 15.4 Å². The predicted molar refractivity (Wildman–Crippen MR) is 105 cm³/mol. The zero-order valence-corrected chi connectivity index (χ0v) is 17.2. The predicted octanol–water partition coefficient (Wildman–Crippen LogP) is 3.02. The largest absolute Gasteiger partial charge is 0.489 e. The van der Waals surface area contributed by atoms with Crippen molar-refractivity contribution in [1.82, 2.24) is 10.6 Å². The lowest BCUT2D eigenvalue weighted by Gasteiger charge is -2.13. The molecule has 10 heteroatoms. The second-order valence-corrected chi connectivity index (χ2v) is 8.69. The number of guanidine groups is 1. The van der Waals surface area contributed by atoms with E-state index >= 15 is 0 Å². The lowest BCUT2D eigenvalue weighted by atomic mass is 10.3. The van der Waals surface area contributed by atoms with Crippen LogP contribution >= 0.6 is 34.8 Å². The maximum absolute atomic E-state index is 11.5. The summed E-state index contributed by atoms with van der Waals surface area (Å²) in [4.78, 5) is 4.23. The molecule has 0 aliphatic heterocycles. The summed E-state index contributed by atoms with van der Waals surface area (Å²) in [6, 6.07) is 3.11. The molecule has 0 saturated carbocycles. The summed E-state index contributed by atoms with van der Waals surface area (Å²) < 4.78 is 28.5. The molecule has 0 aliphatic rings. The van der Waals surface area contributed by atoms with Gasteiger partial charge in [0.15, 0.2) is 21.5 Å². The first-order valence-electron chi connectivity index (χ1n) is 7.79. The quantitative estimate of drug-likeness (QED) is 0.358. The molecule has 2 N–H and O–H groups in total. The molecule has 0 bridgehead atoms. The summed E-state index contributed by atoms with van der Waals surface area (Å²) in [5.41, 5.74) is 0. The number of ether oxygens (including phenoxy) is 1. The maximum Gasteiger partial charge on any atom is 0.191 e. The fourth-order valence-corrected chi connectivity index (χ4v) is 3.36. The van der Waals surface area contributed by atoms with Gasteiger partial charge >= 0.3 is 0 Å². The molecule has 142 valence electrons. The van der Waals surface area contributed by atoms with Gasteiger partial charge in [0.2, 0.25) is 0 Å². The summed E-state index contributed by atoms with van der Waals surface area (Å²) in [5, 5.41) is 7.19. The molecule has 0 saturated heterocycles. The summed E-state index contributed by atoms with van der Waals surface area (Å²) >= 11 is 17.9. The Kier molecular flexibility index (Phi) is 9.71. The first-order chi connectivity index (χ1) is 11.8. The average Bonchev–Trinajstić information content (AvgIpc) is 2.53. The summed E-state index contributed by atoms with van der Waals surface area (Å²) in [7, 11) is -3.03. The number of benzene rings is 1. The van der Waals surface area contributed by atoms with Crippen LogP contribution in [0.2, 0.25) is 15.1 Å². The Balaban J connectivity index is 2.50. The van der Waals surface area contributed by atoms with Crippen molar-refractivity contribution in [3.8, 4) is 5.75 Å². The van der Waals surface area contributed by atoms with Crippen molar-refractivity contribution in [3.05, 3.63) is 27.2 Å². The van der Waals surface area contributed by atoms with Gasteiger partial charge < -0.3 is 15.4 Å². The molecule has 0 unspecified atom stereocenters. The molecule has 1 aromatic rings. The molecule has 0 spiro atoms. The number of hydrogen-bond donors (Lipinski definition) is 2. The van der Waals surface area contributed by atoms with E-state index in [9.17, 15) is 8.42 Å². The van der Waals surface area contributed by atoms with E-state index in [1.54, 1.807) is 19.1 Å². The van der Waals surface area contributed by atoms with E-state index in [2.05, 4.69) is 15.6 Å². The van der Waals surface area contributed by atoms with E-state index in [0.29, 0.717) is 46.5 Å². The van der Waals surface area contributed by atoms with E-state index in [4.69, 9.17) is 39.5 Å². The molecule has 1 rings (SSSR count). The minimum absolute atomic E-state index is 0.0204. The van der Waals surface area contributed by atoms with Crippen molar-refractivity contribution < 1.29 is 13.2 Å². The van der Waals surface area contributed by atoms with Crippen LogP contribution in [0.5, 0.6) is 5.75 Å².